The Morgan fingerprint density at radius 1 is 1.33 bits per heavy atom. The van der Waals surface area contributed by atoms with Crippen molar-refractivity contribution in [3.8, 4) is 0 Å². The van der Waals surface area contributed by atoms with Gasteiger partial charge in [-0.05, 0) is 12.3 Å². The maximum atomic E-state index is 8.95. The fourth-order valence-electron chi connectivity index (χ4n) is 2.05. The molecule has 71 valence electrons. The first-order chi connectivity index (χ1) is 5.86. The molecule has 0 bridgehead atoms. The molecule has 2 nitrogen and oxygen atoms in total. The second-order valence-electron chi connectivity index (χ2n) is 3.82. The number of nitrogens with one attached hydrogen (secondary N) is 1. The van der Waals surface area contributed by atoms with Gasteiger partial charge in [-0.15, -0.1) is 0 Å². The highest BCUT2D eigenvalue weighted by molar-refractivity contribution is 4.73. The molecular formula is C10H20NO. The largest absolute Gasteiger partial charge is 0.395 e. The van der Waals surface area contributed by atoms with Crippen molar-refractivity contribution in [2.75, 3.05) is 6.61 Å². The average Bonchev–Trinajstić information content (AvgIpc) is 2.16. The van der Waals surface area contributed by atoms with Gasteiger partial charge in [0, 0.05) is 13.1 Å². The number of rotatable bonds is 4. The van der Waals surface area contributed by atoms with Crippen LogP contribution in [0.1, 0.15) is 38.5 Å². The summed E-state index contributed by atoms with van der Waals surface area (Å²) in [5, 5.41) is 11.9. The van der Waals surface area contributed by atoms with Crippen molar-refractivity contribution in [1.82, 2.24) is 5.32 Å². The van der Waals surface area contributed by atoms with E-state index in [0.29, 0.717) is 0 Å². The molecule has 0 aromatic rings. The molecule has 0 saturated heterocycles. The highest BCUT2D eigenvalue weighted by Crippen LogP contribution is 2.27. The van der Waals surface area contributed by atoms with Gasteiger partial charge in [-0.25, -0.2) is 0 Å². The van der Waals surface area contributed by atoms with Gasteiger partial charge in [0.2, 0.25) is 0 Å². The molecule has 0 aliphatic heterocycles. The lowest BCUT2D eigenvalue weighted by Crippen LogP contribution is -2.30. The molecule has 2 N–H and O–H groups in total. The van der Waals surface area contributed by atoms with E-state index in [2.05, 4.69) is 12.4 Å². The molecule has 1 aliphatic rings. The molecule has 0 aromatic carbocycles. The van der Waals surface area contributed by atoms with E-state index in [4.69, 9.17) is 5.11 Å². The SMILES string of the molecule is [CH2]NC(CO)CC1CCCCC1. The standard InChI is InChI=1S/C10H20NO/c1-11-10(8-12)7-9-5-3-2-4-6-9/h9-12H,1-8H2. The fraction of sp³-hybridized carbons (Fsp3) is 0.900. The van der Waals surface area contributed by atoms with Gasteiger partial charge >= 0.3 is 0 Å². The minimum atomic E-state index is 0.216. The molecule has 1 atom stereocenters. The molecule has 1 rings (SSSR count). The highest BCUT2D eigenvalue weighted by atomic mass is 16.3. The summed E-state index contributed by atoms with van der Waals surface area (Å²) < 4.78 is 0. The quantitative estimate of drug-likeness (QED) is 0.673. The maximum Gasteiger partial charge on any atom is 0.0584 e. The molecule has 12 heavy (non-hydrogen) atoms. The Bertz CT molecular complexity index is 106. The lowest BCUT2D eigenvalue weighted by Gasteiger charge is -2.25. The smallest absolute Gasteiger partial charge is 0.0584 e. The molecule has 0 spiro atoms. The molecule has 1 radical (unpaired) electrons. The van der Waals surface area contributed by atoms with E-state index in [-0.39, 0.29) is 12.6 Å². The van der Waals surface area contributed by atoms with Crippen LogP contribution >= 0.6 is 0 Å². The first kappa shape index (κ1) is 10.0. The third-order valence-electron chi connectivity index (χ3n) is 2.85. The summed E-state index contributed by atoms with van der Waals surface area (Å²) in [7, 11) is 3.61. The summed E-state index contributed by atoms with van der Waals surface area (Å²) in [6.07, 6.45) is 7.94. The zero-order valence-corrected chi connectivity index (χ0v) is 7.76. The van der Waals surface area contributed by atoms with Gasteiger partial charge in [0.15, 0.2) is 0 Å². The highest BCUT2D eigenvalue weighted by Gasteiger charge is 2.16. The van der Waals surface area contributed by atoms with Gasteiger partial charge in [-0.1, -0.05) is 32.1 Å². The number of hydrogen-bond donors (Lipinski definition) is 2. The Morgan fingerprint density at radius 2 is 2.00 bits per heavy atom. The van der Waals surface area contributed by atoms with E-state index in [9.17, 15) is 0 Å². The van der Waals surface area contributed by atoms with E-state index in [1.165, 1.54) is 32.1 Å². The first-order valence-electron chi connectivity index (χ1n) is 5.00. The van der Waals surface area contributed by atoms with Gasteiger partial charge in [0.05, 0.1) is 6.61 Å². The Balaban J connectivity index is 2.18. The van der Waals surface area contributed by atoms with Crippen LogP contribution in [-0.2, 0) is 0 Å². The van der Waals surface area contributed by atoms with E-state index in [1.54, 1.807) is 0 Å². The summed E-state index contributed by atoms with van der Waals surface area (Å²) in [4.78, 5) is 0. The minimum absolute atomic E-state index is 0.216. The van der Waals surface area contributed by atoms with Crippen molar-refractivity contribution < 1.29 is 5.11 Å². The van der Waals surface area contributed by atoms with Gasteiger partial charge < -0.3 is 10.4 Å². The third kappa shape index (κ3) is 3.11. The van der Waals surface area contributed by atoms with Crippen LogP contribution < -0.4 is 5.32 Å². The van der Waals surface area contributed by atoms with Crippen LogP contribution in [0.5, 0.6) is 0 Å². The van der Waals surface area contributed by atoms with Gasteiger partial charge in [-0.2, -0.15) is 0 Å². The lowest BCUT2D eigenvalue weighted by atomic mass is 9.85. The molecule has 0 aromatic heterocycles. The topological polar surface area (TPSA) is 32.3 Å². The van der Waals surface area contributed by atoms with E-state index in [0.717, 1.165) is 12.3 Å². The fourth-order valence-corrected chi connectivity index (χ4v) is 2.05. The Kier molecular flexibility index (Phi) is 4.62. The predicted octanol–water partition coefficient (Wildman–Crippen LogP) is 1.70. The first-order valence-corrected chi connectivity index (χ1v) is 5.00. The van der Waals surface area contributed by atoms with E-state index < -0.39 is 0 Å². The van der Waals surface area contributed by atoms with Crippen molar-refractivity contribution in [1.29, 1.82) is 0 Å². The number of aliphatic hydroxyl groups excluding tert-OH is 1. The van der Waals surface area contributed by atoms with E-state index in [1.807, 2.05) is 0 Å². The van der Waals surface area contributed by atoms with Crippen molar-refractivity contribution >= 4 is 0 Å². The third-order valence-corrected chi connectivity index (χ3v) is 2.85. The van der Waals surface area contributed by atoms with Crippen LogP contribution in [0.3, 0.4) is 0 Å². The molecule has 1 unspecified atom stereocenters. The van der Waals surface area contributed by atoms with Crippen molar-refractivity contribution in [3.63, 3.8) is 0 Å². The molecule has 1 aliphatic carbocycles. The van der Waals surface area contributed by atoms with Crippen LogP contribution in [0.2, 0.25) is 0 Å². The van der Waals surface area contributed by atoms with Crippen molar-refractivity contribution in [2.45, 2.75) is 44.6 Å². The molecule has 2 heteroatoms. The van der Waals surface area contributed by atoms with Gasteiger partial charge in [0.1, 0.15) is 0 Å². The zero-order chi connectivity index (χ0) is 8.81. The van der Waals surface area contributed by atoms with Gasteiger partial charge in [-0.3, -0.25) is 0 Å². The normalized spacial score (nSPS) is 22.5. The summed E-state index contributed by atoms with van der Waals surface area (Å²) in [6.45, 7) is 0.222. The van der Waals surface area contributed by atoms with Gasteiger partial charge in [0.25, 0.3) is 0 Å². The van der Waals surface area contributed by atoms with Crippen molar-refractivity contribution in [3.05, 3.63) is 7.05 Å². The van der Waals surface area contributed by atoms with Crippen LogP contribution in [-0.4, -0.2) is 17.8 Å². The molecule has 0 heterocycles. The maximum absolute atomic E-state index is 8.95. The second-order valence-corrected chi connectivity index (χ2v) is 3.82. The Labute approximate surface area is 75.4 Å². The summed E-state index contributed by atoms with van der Waals surface area (Å²) in [5.74, 6) is 0.824. The predicted molar refractivity (Wildman–Crippen MR) is 50.6 cm³/mol. The number of aliphatic hydroxyl groups is 1. The molecule has 1 saturated carbocycles. The van der Waals surface area contributed by atoms with Crippen LogP contribution in [0.4, 0.5) is 0 Å². The minimum Gasteiger partial charge on any atom is -0.395 e. The summed E-state index contributed by atoms with van der Waals surface area (Å²) in [5.41, 5.74) is 0. The molecular weight excluding hydrogens is 150 g/mol. The van der Waals surface area contributed by atoms with Crippen molar-refractivity contribution in [2.24, 2.45) is 5.92 Å². The lowest BCUT2D eigenvalue weighted by molar-refractivity contribution is 0.213. The summed E-state index contributed by atoms with van der Waals surface area (Å²) in [6, 6.07) is 0.216. The molecule has 0 amide bonds. The summed E-state index contributed by atoms with van der Waals surface area (Å²) >= 11 is 0. The average molecular weight is 170 g/mol. The monoisotopic (exact) mass is 170 g/mol. The number of hydrogen-bond acceptors (Lipinski definition) is 2. The molecule has 1 fully saturated rings. The zero-order valence-electron chi connectivity index (χ0n) is 7.76. The van der Waals surface area contributed by atoms with Crippen LogP contribution in [0, 0.1) is 13.0 Å². The van der Waals surface area contributed by atoms with Crippen LogP contribution in [0.15, 0.2) is 0 Å². The Morgan fingerprint density at radius 3 is 2.50 bits per heavy atom. The second kappa shape index (κ2) is 5.55. The van der Waals surface area contributed by atoms with E-state index >= 15 is 0 Å². The Hall–Kier alpha value is -0.0800. The van der Waals surface area contributed by atoms with Crippen LogP contribution in [0.25, 0.3) is 0 Å².